The highest BCUT2D eigenvalue weighted by molar-refractivity contribution is 5.34. The molecule has 0 saturated heterocycles. The van der Waals surface area contributed by atoms with Crippen molar-refractivity contribution >= 4 is 0 Å². The maximum atomic E-state index is 5.91. The first-order valence-electron chi connectivity index (χ1n) is 8.61. The van der Waals surface area contributed by atoms with Crippen LogP contribution in [0, 0.1) is 13.8 Å². The van der Waals surface area contributed by atoms with Crippen LogP contribution in [0.4, 0.5) is 0 Å². The highest BCUT2D eigenvalue weighted by Crippen LogP contribution is 2.23. The minimum Gasteiger partial charge on any atom is -0.475 e. The second kappa shape index (κ2) is 6.69. The molecule has 0 aliphatic carbocycles. The summed E-state index contributed by atoms with van der Waals surface area (Å²) < 4.78 is 8.01. The zero-order valence-corrected chi connectivity index (χ0v) is 14.6. The first-order chi connectivity index (χ1) is 12.2. The summed E-state index contributed by atoms with van der Waals surface area (Å²) in [7, 11) is 0. The smallest absolute Gasteiger partial charge is 0.239 e. The normalized spacial score (nSPS) is 14.6. The Bertz CT molecular complexity index is 853. The molecule has 1 aliphatic rings. The molecule has 3 heterocycles. The van der Waals surface area contributed by atoms with Gasteiger partial charge in [-0.05, 0) is 31.5 Å². The zero-order valence-electron chi connectivity index (χ0n) is 14.6. The molecule has 5 nitrogen and oxygen atoms in total. The van der Waals surface area contributed by atoms with Gasteiger partial charge in [0.1, 0.15) is 12.3 Å². The molecule has 128 valence electrons. The van der Waals surface area contributed by atoms with Crippen LogP contribution >= 0.6 is 0 Å². The summed E-state index contributed by atoms with van der Waals surface area (Å²) in [5, 5.41) is 0. The van der Waals surface area contributed by atoms with E-state index in [1.54, 1.807) is 0 Å². The third kappa shape index (κ3) is 3.28. The average molecular weight is 334 g/mol. The van der Waals surface area contributed by atoms with Crippen LogP contribution in [0.15, 0.2) is 48.7 Å². The van der Waals surface area contributed by atoms with Gasteiger partial charge in [0.25, 0.3) is 0 Å². The van der Waals surface area contributed by atoms with Gasteiger partial charge in [-0.25, -0.2) is 0 Å². The van der Waals surface area contributed by atoms with E-state index in [0.717, 1.165) is 42.5 Å². The van der Waals surface area contributed by atoms with Gasteiger partial charge in [-0.3, -0.25) is 9.88 Å². The fraction of sp³-hybridized carbons (Fsp3) is 0.300. The monoisotopic (exact) mass is 334 g/mol. The highest BCUT2D eigenvalue weighted by atomic mass is 16.5. The molecule has 0 spiro atoms. The zero-order chi connectivity index (χ0) is 17.2. The molecule has 25 heavy (non-hydrogen) atoms. The van der Waals surface area contributed by atoms with Crippen molar-refractivity contribution in [2.75, 3.05) is 13.2 Å². The number of hydrogen-bond donors (Lipinski definition) is 0. The number of hydrogen-bond acceptors (Lipinski definition) is 4. The quantitative estimate of drug-likeness (QED) is 0.737. The summed E-state index contributed by atoms with van der Waals surface area (Å²) in [5.41, 5.74) is 4.49. The number of fused-ring (bicyclic) bond motifs is 1. The summed E-state index contributed by atoms with van der Waals surface area (Å²) in [6, 6.07) is 14.7. The SMILES string of the molecule is Cc1ccc(C)n1-c1cnc2c(n1)OCCN(Cc1ccccc1)C2. The van der Waals surface area contributed by atoms with E-state index in [0.29, 0.717) is 12.5 Å². The number of rotatable bonds is 3. The minimum atomic E-state index is 0.627. The molecule has 0 atom stereocenters. The van der Waals surface area contributed by atoms with E-state index >= 15 is 0 Å². The highest BCUT2D eigenvalue weighted by Gasteiger charge is 2.19. The van der Waals surface area contributed by atoms with Gasteiger partial charge in [0.15, 0.2) is 5.82 Å². The van der Waals surface area contributed by atoms with E-state index in [-0.39, 0.29) is 0 Å². The maximum Gasteiger partial charge on any atom is 0.239 e. The molecule has 3 aromatic rings. The molecule has 1 aromatic carbocycles. The van der Waals surface area contributed by atoms with Crippen molar-refractivity contribution < 1.29 is 4.74 Å². The Hall–Kier alpha value is -2.66. The van der Waals surface area contributed by atoms with Crippen molar-refractivity contribution in [2.24, 2.45) is 0 Å². The molecule has 4 rings (SSSR count). The van der Waals surface area contributed by atoms with Crippen molar-refractivity contribution in [2.45, 2.75) is 26.9 Å². The van der Waals surface area contributed by atoms with E-state index < -0.39 is 0 Å². The van der Waals surface area contributed by atoms with Gasteiger partial charge in [0.05, 0.1) is 6.20 Å². The van der Waals surface area contributed by atoms with Crippen LogP contribution < -0.4 is 4.74 Å². The molecule has 0 unspecified atom stereocenters. The molecule has 0 N–H and O–H groups in total. The van der Waals surface area contributed by atoms with Crippen LogP contribution in [-0.2, 0) is 13.1 Å². The first kappa shape index (κ1) is 15.8. The lowest BCUT2D eigenvalue weighted by Crippen LogP contribution is -2.25. The van der Waals surface area contributed by atoms with Crippen LogP contribution in [0.3, 0.4) is 0 Å². The third-order valence-electron chi connectivity index (χ3n) is 4.57. The number of ether oxygens (including phenoxy) is 1. The fourth-order valence-corrected chi connectivity index (χ4v) is 3.29. The van der Waals surface area contributed by atoms with Crippen LogP contribution in [0.25, 0.3) is 5.82 Å². The molecule has 2 aromatic heterocycles. The summed E-state index contributed by atoms with van der Waals surface area (Å²) in [6.07, 6.45) is 1.84. The van der Waals surface area contributed by atoms with Crippen LogP contribution in [0.5, 0.6) is 5.88 Å². The number of aromatic nitrogens is 3. The Morgan fingerprint density at radius 2 is 1.80 bits per heavy atom. The summed E-state index contributed by atoms with van der Waals surface area (Å²) in [4.78, 5) is 11.7. The third-order valence-corrected chi connectivity index (χ3v) is 4.57. The van der Waals surface area contributed by atoms with Crippen molar-refractivity contribution in [3.8, 4) is 11.7 Å². The predicted molar refractivity (Wildman–Crippen MR) is 96.9 cm³/mol. The number of aryl methyl sites for hydroxylation is 2. The van der Waals surface area contributed by atoms with Crippen molar-refractivity contribution in [3.05, 3.63) is 71.3 Å². The fourth-order valence-electron chi connectivity index (χ4n) is 3.29. The molecule has 0 amide bonds. The van der Waals surface area contributed by atoms with Crippen molar-refractivity contribution in [1.82, 2.24) is 19.4 Å². The Morgan fingerprint density at radius 1 is 1.04 bits per heavy atom. The predicted octanol–water partition coefficient (Wildman–Crippen LogP) is 3.28. The Kier molecular flexibility index (Phi) is 4.24. The number of benzene rings is 1. The topological polar surface area (TPSA) is 43.2 Å². The van der Waals surface area contributed by atoms with Crippen molar-refractivity contribution in [3.63, 3.8) is 0 Å². The second-order valence-electron chi connectivity index (χ2n) is 6.48. The van der Waals surface area contributed by atoms with Gasteiger partial charge in [-0.1, -0.05) is 30.3 Å². The number of nitrogens with zero attached hydrogens (tertiary/aromatic N) is 4. The largest absolute Gasteiger partial charge is 0.475 e. The van der Waals surface area contributed by atoms with Crippen LogP contribution in [0.2, 0.25) is 0 Å². The summed E-state index contributed by atoms with van der Waals surface area (Å²) >= 11 is 0. The van der Waals surface area contributed by atoms with Gasteiger partial charge in [0.2, 0.25) is 5.88 Å². The van der Waals surface area contributed by atoms with Crippen LogP contribution in [0.1, 0.15) is 22.6 Å². The molecular weight excluding hydrogens is 312 g/mol. The van der Waals surface area contributed by atoms with E-state index in [1.165, 1.54) is 5.56 Å². The Balaban J connectivity index is 1.59. The Morgan fingerprint density at radius 3 is 2.56 bits per heavy atom. The van der Waals surface area contributed by atoms with Gasteiger partial charge in [-0.2, -0.15) is 4.98 Å². The molecular formula is C20H22N4O. The maximum absolute atomic E-state index is 5.91. The van der Waals surface area contributed by atoms with E-state index in [2.05, 4.69) is 64.7 Å². The first-order valence-corrected chi connectivity index (χ1v) is 8.61. The van der Waals surface area contributed by atoms with Gasteiger partial charge >= 0.3 is 0 Å². The van der Waals surface area contributed by atoms with Gasteiger partial charge < -0.3 is 9.30 Å². The van der Waals surface area contributed by atoms with Gasteiger partial charge in [-0.15, -0.1) is 0 Å². The van der Waals surface area contributed by atoms with Crippen LogP contribution in [-0.4, -0.2) is 32.6 Å². The lowest BCUT2D eigenvalue weighted by molar-refractivity contribution is 0.217. The van der Waals surface area contributed by atoms with E-state index in [1.807, 2.05) is 12.3 Å². The Labute approximate surface area is 147 Å². The lowest BCUT2D eigenvalue weighted by atomic mass is 10.2. The molecule has 0 radical (unpaired) electrons. The summed E-state index contributed by atoms with van der Waals surface area (Å²) in [6.45, 7) is 7.28. The van der Waals surface area contributed by atoms with E-state index in [4.69, 9.17) is 9.72 Å². The molecule has 5 heteroatoms. The summed E-state index contributed by atoms with van der Waals surface area (Å²) in [5.74, 6) is 1.47. The average Bonchev–Trinajstić information content (AvgIpc) is 2.83. The molecule has 1 aliphatic heterocycles. The standard InChI is InChI=1S/C20H22N4O/c1-15-8-9-16(2)24(15)19-12-21-18-14-23(10-11-25-20(18)22-19)13-17-6-4-3-5-7-17/h3-9,12H,10-11,13-14H2,1-2H3. The second-order valence-corrected chi connectivity index (χ2v) is 6.48. The molecule has 0 bridgehead atoms. The van der Waals surface area contributed by atoms with Crippen molar-refractivity contribution in [1.29, 1.82) is 0 Å². The molecule has 0 saturated carbocycles. The lowest BCUT2D eigenvalue weighted by Gasteiger charge is -2.18. The molecule has 0 fully saturated rings. The van der Waals surface area contributed by atoms with E-state index in [9.17, 15) is 0 Å². The van der Waals surface area contributed by atoms with Gasteiger partial charge in [0, 0.05) is 31.0 Å². The minimum absolute atomic E-state index is 0.627.